The molecule has 1 aromatic carbocycles. The molecule has 19 heavy (non-hydrogen) atoms. The summed E-state index contributed by atoms with van der Waals surface area (Å²) in [4.78, 5) is 6.38. The fourth-order valence-corrected chi connectivity index (χ4v) is 2.16. The van der Waals surface area contributed by atoms with E-state index in [0.29, 0.717) is 0 Å². The van der Waals surface area contributed by atoms with Gasteiger partial charge in [0.05, 0.1) is 18.4 Å². The van der Waals surface area contributed by atoms with E-state index in [0.717, 1.165) is 28.9 Å². The van der Waals surface area contributed by atoms with Crippen LogP contribution in [0.3, 0.4) is 0 Å². The summed E-state index contributed by atoms with van der Waals surface area (Å²) in [6, 6.07) is 5.86. The lowest BCUT2D eigenvalue weighted by Crippen LogP contribution is -2.15. The number of hydrogen-bond acceptors (Lipinski definition) is 3. The van der Waals surface area contributed by atoms with E-state index < -0.39 is 0 Å². The van der Waals surface area contributed by atoms with Crippen molar-refractivity contribution in [2.24, 2.45) is 7.05 Å². The lowest BCUT2D eigenvalue weighted by molar-refractivity contribution is 0.813. The number of benzene rings is 1. The molecule has 2 rings (SSSR count). The van der Waals surface area contributed by atoms with Crippen molar-refractivity contribution in [1.82, 2.24) is 9.55 Å². The van der Waals surface area contributed by atoms with Crippen LogP contribution in [0.1, 0.15) is 11.3 Å². The Kier molecular flexibility index (Phi) is 4.00. The van der Waals surface area contributed by atoms with Crippen LogP contribution in [-0.4, -0.2) is 23.6 Å². The molecule has 2 aromatic rings. The van der Waals surface area contributed by atoms with Gasteiger partial charge in [-0.15, -0.1) is 0 Å². The molecule has 0 bridgehead atoms. The van der Waals surface area contributed by atoms with Gasteiger partial charge >= 0.3 is 0 Å². The Morgan fingerprint density at radius 2 is 2.11 bits per heavy atom. The summed E-state index contributed by atoms with van der Waals surface area (Å²) in [5.74, 6) is 0.944. The molecule has 0 radical (unpaired) electrons. The van der Waals surface area contributed by atoms with Gasteiger partial charge in [-0.2, -0.15) is 0 Å². The second-order valence-corrected chi connectivity index (χ2v) is 5.25. The van der Waals surface area contributed by atoms with Gasteiger partial charge in [0, 0.05) is 31.9 Å². The first kappa shape index (κ1) is 13.7. The Balaban J connectivity index is 2.12. The van der Waals surface area contributed by atoms with Crippen LogP contribution >= 0.6 is 11.6 Å². The summed E-state index contributed by atoms with van der Waals surface area (Å²) in [6.45, 7) is 2.78. The Bertz CT molecular complexity index is 575. The summed E-state index contributed by atoms with van der Waals surface area (Å²) >= 11 is 6.01. The zero-order valence-corrected chi connectivity index (χ0v) is 12.5. The van der Waals surface area contributed by atoms with Crippen LogP contribution in [0.25, 0.3) is 0 Å². The minimum Gasteiger partial charge on any atom is -0.379 e. The Labute approximate surface area is 119 Å². The van der Waals surface area contributed by atoms with Crippen molar-refractivity contribution in [1.29, 1.82) is 0 Å². The largest absolute Gasteiger partial charge is 0.379 e. The SMILES string of the molecule is Cc1ccc(Cl)cc1NCc1cnc(N(C)C)n1C. The van der Waals surface area contributed by atoms with E-state index in [1.54, 1.807) is 0 Å². The Morgan fingerprint density at radius 3 is 2.74 bits per heavy atom. The van der Waals surface area contributed by atoms with E-state index in [9.17, 15) is 0 Å². The third-order valence-corrected chi connectivity index (χ3v) is 3.35. The van der Waals surface area contributed by atoms with E-state index in [2.05, 4.69) is 21.8 Å². The molecule has 1 heterocycles. The third kappa shape index (κ3) is 3.01. The Morgan fingerprint density at radius 1 is 1.37 bits per heavy atom. The standard InChI is InChI=1S/C14H19ClN4/c1-10-5-6-11(15)7-13(10)16-8-12-9-17-14(18(2)3)19(12)4/h5-7,9,16H,8H2,1-4H3. The van der Waals surface area contributed by atoms with Crippen molar-refractivity contribution >= 4 is 23.2 Å². The molecule has 102 valence electrons. The molecule has 0 unspecified atom stereocenters. The van der Waals surface area contributed by atoms with Crippen molar-refractivity contribution < 1.29 is 0 Å². The van der Waals surface area contributed by atoms with Crippen molar-refractivity contribution in [2.75, 3.05) is 24.3 Å². The average Bonchev–Trinajstić information content (AvgIpc) is 2.72. The lowest BCUT2D eigenvalue weighted by atomic mass is 10.2. The van der Waals surface area contributed by atoms with Gasteiger partial charge in [-0.25, -0.2) is 4.98 Å². The van der Waals surface area contributed by atoms with E-state index in [4.69, 9.17) is 11.6 Å². The van der Waals surface area contributed by atoms with Crippen molar-refractivity contribution in [3.8, 4) is 0 Å². The maximum atomic E-state index is 6.01. The van der Waals surface area contributed by atoms with E-state index >= 15 is 0 Å². The smallest absolute Gasteiger partial charge is 0.204 e. The number of anilines is 2. The maximum absolute atomic E-state index is 6.01. The second-order valence-electron chi connectivity index (χ2n) is 4.82. The number of nitrogens with one attached hydrogen (secondary N) is 1. The zero-order valence-electron chi connectivity index (χ0n) is 11.7. The van der Waals surface area contributed by atoms with Gasteiger partial charge in [-0.1, -0.05) is 17.7 Å². The molecule has 0 spiro atoms. The van der Waals surface area contributed by atoms with Gasteiger partial charge in [0.25, 0.3) is 0 Å². The summed E-state index contributed by atoms with van der Waals surface area (Å²) < 4.78 is 2.08. The lowest BCUT2D eigenvalue weighted by Gasteiger charge is -2.14. The first-order valence-corrected chi connectivity index (χ1v) is 6.55. The van der Waals surface area contributed by atoms with E-state index in [-0.39, 0.29) is 0 Å². The fraction of sp³-hybridized carbons (Fsp3) is 0.357. The molecule has 4 nitrogen and oxygen atoms in total. The van der Waals surface area contributed by atoms with Crippen molar-refractivity contribution in [3.63, 3.8) is 0 Å². The molecule has 1 N–H and O–H groups in total. The highest BCUT2D eigenvalue weighted by Crippen LogP contribution is 2.21. The summed E-state index contributed by atoms with van der Waals surface area (Å²) in [7, 11) is 5.99. The van der Waals surface area contributed by atoms with Crippen molar-refractivity contribution in [3.05, 3.63) is 40.7 Å². The molecule has 1 aromatic heterocycles. The van der Waals surface area contributed by atoms with Crippen molar-refractivity contribution in [2.45, 2.75) is 13.5 Å². The zero-order chi connectivity index (χ0) is 14.0. The van der Waals surface area contributed by atoms with Crippen LogP contribution in [-0.2, 0) is 13.6 Å². The molecule has 0 atom stereocenters. The number of imidazole rings is 1. The van der Waals surface area contributed by atoms with Gasteiger partial charge in [0.2, 0.25) is 5.95 Å². The van der Waals surface area contributed by atoms with Gasteiger partial charge < -0.3 is 14.8 Å². The van der Waals surface area contributed by atoms with E-state index in [1.165, 1.54) is 5.56 Å². The molecule has 0 aliphatic rings. The average molecular weight is 279 g/mol. The van der Waals surface area contributed by atoms with Gasteiger partial charge in [0.1, 0.15) is 0 Å². The second kappa shape index (κ2) is 5.53. The predicted molar refractivity (Wildman–Crippen MR) is 81.1 cm³/mol. The first-order chi connectivity index (χ1) is 8.99. The molecule has 0 fully saturated rings. The monoisotopic (exact) mass is 278 g/mol. The van der Waals surface area contributed by atoms with Crippen LogP contribution < -0.4 is 10.2 Å². The Hall–Kier alpha value is -1.68. The summed E-state index contributed by atoms with van der Waals surface area (Å²) in [5.41, 5.74) is 3.36. The molecular weight excluding hydrogens is 260 g/mol. The molecule has 5 heteroatoms. The van der Waals surface area contributed by atoms with Crippen LogP contribution in [0.15, 0.2) is 24.4 Å². The summed E-state index contributed by atoms with van der Waals surface area (Å²) in [5, 5.41) is 4.14. The molecule has 0 saturated carbocycles. The number of aromatic nitrogens is 2. The van der Waals surface area contributed by atoms with Crippen LogP contribution in [0.2, 0.25) is 5.02 Å². The minimum absolute atomic E-state index is 0.721. The van der Waals surface area contributed by atoms with Gasteiger partial charge in [-0.05, 0) is 24.6 Å². The first-order valence-electron chi connectivity index (χ1n) is 6.17. The minimum atomic E-state index is 0.721. The number of halogens is 1. The molecule has 0 aliphatic carbocycles. The fourth-order valence-electron chi connectivity index (χ4n) is 1.98. The number of aryl methyl sites for hydroxylation is 1. The summed E-state index contributed by atoms with van der Waals surface area (Å²) in [6.07, 6.45) is 1.89. The van der Waals surface area contributed by atoms with E-state index in [1.807, 2.05) is 50.4 Å². The third-order valence-electron chi connectivity index (χ3n) is 3.12. The van der Waals surface area contributed by atoms with Crippen LogP contribution in [0.4, 0.5) is 11.6 Å². The van der Waals surface area contributed by atoms with Gasteiger partial charge in [-0.3, -0.25) is 0 Å². The quantitative estimate of drug-likeness (QED) is 0.933. The number of nitrogens with zero attached hydrogens (tertiary/aromatic N) is 3. The molecular formula is C14H19ClN4. The highest BCUT2D eigenvalue weighted by molar-refractivity contribution is 6.30. The number of hydrogen-bond donors (Lipinski definition) is 1. The topological polar surface area (TPSA) is 33.1 Å². The predicted octanol–water partition coefficient (Wildman–Crippen LogP) is 3.06. The normalized spacial score (nSPS) is 10.6. The molecule has 0 aliphatic heterocycles. The number of rotatable bonds is 4. The highest BCUT2D eigenvalue weighted by Gasteiger charge is 2.08. The van der Waals surface area contributed by atoms with Gasteiger partial charge in [0.15, 0.2) is 0 Å². The molecule has 0 saturated heterocycles. The molecule has 0 amide bonds. The maximum Gasteiger partial charge on any atom is 0.204 e. The highest BCUT2D eigenvalue weighted by atomic mass is 35.5. The van der Waals surface area contributed by atoms with Crippen LogP contribution in [0, 0.1) is 6.92 Å². The van der Waals surface area contributed by atoms with Crippen LogP contribution in [0.5, 0.6) is 0 Å².